The van der Waals surface area contributed by atoms with E-state index < -0.39 is 58.8 Å². The Balaban J connectivity index is 1.22. The van der Waals surface area contributed by atoms with Gasteiger partial charge in [0.2, 0.25) is 0 Å². The molecule has 0 aromatic heterocycles. The van der Waals surface area contributed by atoms with Gasteiger partial charge >= 0.3 is 5.97 Å². The first-order valence-electron chi connectivity index (χ1n) is 14.5. The minimum atomic E-state index is -1.43. The first-order chi connectivity index (χ1) is 18.4. The molecule has 0 amide bonds. The van der Waals surface area contributed by atoms with Crippen molar-refractivity contribution in [2.45, 2.75) is 120 Å². The highest BCUT2D eigenvalue weighted by Crippen LogP contribution is 2.70. The largest absolute Gasteiger partial charge is 0.458 e. The van der Waals surface area contributed by atoms with Crippen molar-refractivity contribution < 1.29 is 49.3 Å². The van der Waals surface area contributed by atoms with Gasteiger partial charge in [-0.25, -0.2) is 4.79 Å². The molecule has 0 bridgehead atoms. The molecule has 4 aliphatic carbocycles. The van der Waals surface area contributed by atoms with Gasteiger partial charge in [-0.1, -0.05) is 6.92 Å². The maximum absolute atomic E-state index is 13.0. The van der Waals surface area contributed by atoms with E-state index in [0.29, 0.717) is 44.9 Å². The van der Waals surface area contributed by atoms with Gasteiger partial charge in [0, 0.05) is 17.9 Å². The molecule has 218 valence electrons. The smallest absolute Gasteiger partial charge is 0.331 e. The Morgan fingerprint density at radius 1 is 0.974 bits per heavy atom. The van der Waals surface area contributed by atoms with Gasteiger partial charge in [0.15, 0.2) is 6.29 Å². The standard InChI is InChI=1S/C29H42O10/c1-15-22(32)23(33)24(34)25(38-15)39-17-3-8-27(14-30)19-4-7-26(2)18(16-11-21(31)37-13-16)6-10-29(26,36)20(19)5-9-28(27,35)12-17/h11,14-15,17-20,22-25,32-36H,3-10,12-13H2,1-2H3/t15?,17-,18+,19-,20+,22+,23?,24?,25-,26+,27-,28-,29-/m0/s1. The second kappa shape index (κ2) is 9.31. The zero-order valence-electron chi connectivity index (χ0n) is 22.7. The third-order valence-electron chi connectivity index (χ3n) is 12.0. The van der Waals surface area contributed by atoms with Gasteiger partial charge in [0.05, 0.1) is 28.8 Å². The molecule has 10 nitrogen and oxygen atoms in total. The van der Waals surface area contributed by atoms with Gasteiger partial charge in [-0.2, -0.15) is 0 Å². The summed E-state index contributed by atoms with van der Waals surface area (Å²) in [7, 11) is 0. The van der Waals surface area contributed by atoms with Crippen LogP contribution in [0.2, 0.25) is 0 Å². The SMILES string of the molecule is CC1O[C@@H](O[C@H]2CC[C@]3(C=O)[C@H]4CC[C@]5(C)[C@@H](C6=CC(=O)OC6)CC[C@]5(O)[C@@H]4CC[C@]3(O)C2)C(O)C(O)[C@@H]1O. The molecule has 4 saturated carbocycles. The van der Waals surface area contributed by atoms with E-state index in [1.54, 1.807) is 13.0 Å². The minimum absolute atomic E-state index is 0.0465. The third-order valence-corrected chi connectivity index (χ3v) is 12.0. The van der Waals surface area contributed by atoms with Crippen LogP contribution < -0.4 is 0 Å². The molecule has 6 rings (SSSR count). The number of rotatable bonds is 4. The van der Waals surface area contributed by atoms with Crippen LogP contribution in [0.4, 0.5) is 0 Å². The van der Waals surface area contributed by atoms with Gasteiger partial charge in [-0.15, -0.1) is 0 Å². The summed E-state index contributed by atoms with van der Waals surface area (Å²) < 4.78 is 16.9. The Kier molecular flexibility index (Phi) is 6.62. The number of fused-ring (bicyclic) bond motifs is 5. The molecule has 0 aromatic carbocycles. The van der Waals surface area contributed by atoms with Crippen molar-refractivity contribution in [1.29, 1.82) is 0 Å². The molecule has 10 heteroatoms. The molecule has 0 aromatic rings. The first-order valence-corrected chi connectivity index (χ1v) is 14.5. The molecule has 13 atom stereocenters. The van der Waals surface area contributed by atoms with E-state index in [-0.39, 0.29) is 36.8 Å². The van der Waals surface area contributed by atoms with E-state index in [1.165, 1.54) is 0 Å². The average molecular weight is 551 g/mol. The third kappa shape index (κ3) is 3.78. The van der Waals surface area contributed by atoms with E-state index in [1.807, 2.05) is 0 Å². The van der Waals surface area contributed by atoms with Crippen molar-refractivity contribution >= 4 is 12.3 Å². The minimum Gasteiger partial charge on any atom is -0.458 e. The van der Waals surface area contributed by atoms with Crippen molar-refractivity contribution in [1.82, 2.24) is 0 Å². The van der Waals surface area contributed by atoms with Crippen LogP contribution in [-0.2, 0) is 23.8 Å². The summed E-state index contributed by atoms with van der Waals surface area (Å²) in [5, 5.41) is 55.0. The topological polar surface area (TPSA) is 163 Å². The molecule has 1 saturated heterocycles. The van der Waals surface area contributed by atoms with Crippen molar-refractivity contribution in [2.24, 2.45) is 28.6 Å². The lowest BCUT2D eigenvalue weighted by molar-refractivity contribution is -0.317. The summed E-state index contributed by atoms with van der Waals surface area (Å²) >= 11 is 0. The van der Waals surface area contributed by atoms with Crippen LogP contribution in [0.1, 0.15) is 71.6 Å². The van der Waals surface area contributed by atoms with Gasteiger partial charge < -0.3 is 44.5 Å². The Morgan fingerprint density at radius 3 is 2.41 bits per heavy atom. The van der Waals surface area contributed by atoms with Gasteiger partial charge in [-0.3, -0.25) is 0 Å². The number of ether oxygens (including phenoxy) is 3. The van der Waals surface area contributed by atoms with Crippen LogP contribution in [0.15, 0.2) is 11.6 Å². The van der Waals surface area contributed by atoms with Crippen molar-refractivity contribution in [3.05, 3.63) is 11.6 Å². The molecule has 2 aliphatic heterocycles. The monoisotopic (exact) mass is 550 g/mol. The van der Waals surface area contributed by atoms with Crippen LogP contribution in [0.25, 0.3) is 0 Å². The second-order valence-corrected chi connectivity index (χ2v) is 13.4. The molecule has 39 heavy (non-hydrogen) atoms. The molecular weight excluding hydrogens is 508 g/mol. The maximum atomic E-state index is 13.0. The fraction of sp³-hybridized carbons (Fsp3) is 0.862. The maximum Gasteiger partial charge on any atom is 0.331 e. The second-order valence-electron chi connectivity index (χ2n) is 13.4. The average Bonchev–Trinajstić information content (AvgIpc) is 3.45. The van der Waals surface area contributed by atoms with Crippen LogP contribution >= 0.6 is 0 Å². The highest BCUT2D eigenvalue weighted by atomic mass is 16.7. The number of esters is 1. The summed E-state index contributed by atoms with van der Waals surface area (Å²) in [4.78, 5) is 24.8. The van der Waals surface area contributed by atoms with Crippen LogP contribution in [-0.4, -0.2) is 92.4 Å². The van der Waals surface area contributed by atoms with Crippen molar-refractivity contribution in [3.63, 3.8) is 0 Å². The molecule has 0 radical (unpaired) electrons. The van der Waals surface area contributed by atoms with Crippen molar-refractivity contribution in [2.75, 3.05) is 6.61 Å². The Bertz CT molecular complexity index is 1050. The number of carbonyl (C=O) groups excluding carboxylic acids is 2. The summed E-state index contributed by atoms with van der Waals surface area (Å²) in [6, 6.07) is 0. The Labute approximate surface area is 228 Å². The zero-order valence-corrected chi connectivity index (χ0v) is 22.7. The number of hydrogen-bond acceptors (Lipinski definition) is 10. The lowest BCUT2D eigenvalue weighted by Gasteiger charge is -2.65. The van der Waals surface area contributed by atoms with E-state index in [9.17, 15) is 35.1 Å². The van der Waals surface area contributed by atoms with Crippen LogP contribution in [0.3, 0.4) is 0 Å². The van der Waals surface area contributed by atoms with Crippen LogP contribution in [0.5, 0.6) is 0 Å². The highest BCUT2D eigenvalue weighted by molar-refractivity contribution is 5.85. The number of hydrogen-bond donors (Lipinski definition) is 5. The van der Waals surface area contributed by atoms with Crippen LogP contribution in [0, 0.1) is 28.6 Å². The quantitative estimate of drug-likeness (QED) is 0.192. The molecule has 5 fully saturated rings. The number of carbonyl (C=O) groups is 2. The molecular formula is C29H42O10. The van der Waals surface area contributed by atoms with E-state index in [2.05, 4.69) is 6.92 Å². The van der Waals surface area contributed by atoms with Gasteiger partial charge in [-0.05, 0) is 81.6 Å². The lowest BCUT2D eigenvalue weighted by Crippen LogP contribution is -2.69. The fourth-order valence-corrected chi connectivity index (χ4v) is 9.75. The predicted molar refractivity (Wildman–Crippen MR) is 135 cm³/mol. The Morgan fingerprint density at radius 2 is 1.72 bits per heavy atom. The summed E-state index contributed by atoms with van der Waals surface area (Å²) in [6.07, 6.45) is 0.689. The van der Waals surface area contributed by atoms with Crippen molar-refractivity contribution in [3.8, 4) is 0 Å². The number of aldehydes is 1. The summed E-state index contributed by atoms with van der Waals surface area (Å²) in [5.41, 5.74) is -2.86. The molecule has 5 N–H and O–H groups in total. The normalized spacial score (nSPS) is 55.2. The predicted octanol–water partition coefficient (Wildman–Crippen LogP) is 0.750. The number of cyclic esters (lactones) is 1. The molecule has 6 aliphatic rings. The van der Waals surface area contributed by atoms with E-state index in [4.69, 9.17) is 14.2 Å². The number of aliphatic hydroxyl groups is 5. The van der Waals surface area contributed by atoms with Gasteiger partial charge in [0.1, 0.15) is 31.2 Å². The molecule has 0 spiro atoms. The van der Waals surface area contributed by atoms with Gasteiger partial charge in [0.25, 0.3) is 0 Å². The molecule has 3 unspecified atom stereocenters. The lowest BCUT2D eigenvalue weighted by atomic mass is 9.41. The summed E-state index contributed by atoms with van der Waals surface area (Å²) in [6.45, 7) is 3.98. The van der Waals surface area contributed by atoms with E-state index >= 15 is 0 Å². The first kappa shape index (κ1) is 27.8. The summed E-state index contributed by atoms with van der Waals surface area (Å²) in [5.74, 6) is -0.616. The number of aliphatic hydroxyl groups excluding tert-OH is 3. The zero-order chi connectivity index (χ0) is 28.0. The van der Waals surface area contributed by atoms with E-state index in [0.717, 1.165) is 18.3 Å². The highest BCUT2D eigenvalue weighted by Gasteiger charge is 2.71. The molecule has 2 heterocycles. The fourth-order valence-electron chi connectivity index (χ4n) is 9.75. The Hall–Kier alpha value is -1.40.